The summed E-state index contributed by atoms with van der Waals surface area (Å²) >= 11 is 0. The van der Waals surface area contributed by atoms with E-state index < -0.39 is 0 Å². The predicted molar refractivity (Wildman–Crippen MR) is 127 cm³/mol. The van der Waals surface area contributed by atoms with E-state index in [0.717, 1.165) is 38.5 Å². The minimum Gasteiger partial charge on any atom is -0.103 e. The molecule has 0 saturated carbocycles. The summed E-state index contributed by atoms with van der Waals surface area (Å²) in [5, 5.41) is 0. The van der Waals surface area contributed by atoms with Crippen LogP contribution in [0.4, 0.5) is 0 Å². The molecule has 0 saturated heterocycles. The second-order valence-electron chi connectivity index (χ2n) is 7.65. The Labute approximate surface area is 176 Å². The van der Waals surface area contributed by atoms with Gasteiger partial charge in [-0.05, 0) is 78.8 Å². The van der Waals surface area contributed by atoms with E-state index in [0.29, 0.717) is 0 Å². The van der Waals surface area contributed by atoms with E-state index in [1.54, 1.807) is 0 Å². The van der Waals surface area contributed by atoms with Crippen molar-refractivity contribution in [3.8, 4) is 11.1 Å². The van der Waals surface area contributed by atoms with Crippen LogP contribution in [0, 0.1) is 0 Å². The molecule has 0 spiro atoms. The van der Waals surface area contributed by atoms with Crippen molar-refractivity contribution < 1.29 is 0 Å². The van der Waals surface area contributed by atoms with Gasteiger partial charge < -0.3 is 0 Å². The highest BCUT2D eigenvalue weighted by Crippen LogP contribution is 2.21. The summed E-state index contributed by atoms with van der Waals surface area (Å²) in [6, 6.07) is 27.1. The Bertz CT molecular complexity index is 894. The van der Waals surface area contributed by atoms with Crippen LogP contribution in [-0.4, -0.2) is 0 Å². The Morgan fingerprint density at radius 2 is 0.931 bits per heavy atom. The lowest BCUT2D eigenvalue weighted by atomic mass is 9.98. The van der Waals surface area contributed by atoms with Gasteiger partial charge in [-0.25, -0.2) is 0 Å². The Kier molecular flexibility index (Phi) is 8.07. The molecule has 0 aliphatic heterocycles. The molecule has 0 radical (unpaired) electrons. The third-order valence-corrected chi connectivity index (χ3v) is 5.44. The molecule has 3 rings (SSSR count). The average Bonchev–Trinajstić information content (AvgIpc) is 2.78. The van der Waals surface area contributed by atoms with Crippen molar-refractivity contribution in [1.29, 1.82) is 0 Å². The van der Waals surface area contributed by atoms with Crippen LogP contribution >= 0.6 is 0 Å². The third-order valence-electron chi connectivity index (χ3n) is 5.44. The maximum atomic E-state index is 3.80. The molecule has 3 aromatic carbocycles. The molecule has 3 aromatic rings. The normalized spacial score (nSPS) is 11.1. The van der Waals surface area contributed by atoms with Crippen LogP contribution in [0.5, 0.6) is 0 Å². The number of hydrogen-bond acceptors (Lipinski definition) is 0. The molecule has 0 unspecified atom stereocenters. The van der Waals surface area contributed by atoms with Crippen molar-refractivity contribution in [3.63, 3.8) is 0 Å². The van der Waals surface area contributed by atoms with Crippen LogP contribution in [0.2, 0.25) is 0 Å². The van der Waals surface area contributed by atoms with E-state index in [2.05, 4.69) is 98.5 Å². The molecule has 0 bridgehead atoms. The summed E-state index contributed by atoms with van der Waals surface area (Å²) in [6.45, 7) is 5.87. The van der Waals surface area contributed by atoms with Gasteiger partial charge >= 0.3 is 0 Å². The zero-order valence-electron chi connectivity index (χ0n) is 17.6. The van der Waals surface area contributed by atoms with E-state index in [-0.39, 0.29) is 0 Å². The SMILES string of the molecule is C=CCCc1ccc(CCc2ccc(-c3ccc(CCC=CC)cc3)cc2)cc1. The molecule has 0 aliphatic rings. The third kappa shape index (κ3) is 6.61. The number of hydrogen-bond donors (Lipinski definition) is 0. The van der Waals surface area contributed by atoms with E-state index in [9.17, 15) is 0 Å². The largest absolute Gasteiger partial charge is 0.103 e. The van der Waals surface area contributed by atoms with Gasteiger partial charge in [-0.2, -0.15) is 0 Å². The topological polar surface area (TPSA) is 0 Å². The molecule has 0 N–H and O–H groups in total. The molecule has 0 aliphatic carbocycles. The van der Waals surface area contributed by atoms with Gasteiger partial charge in [0.05, 0.1) is 0 Å². The molecule has 0 amide bonds. The molecule has 0 aromatic heterocycles. The van der Waals surface area contributed by atoms with Crippen molar-refractivity contribution in [1.82, 2.24) is 0 Å². The number of benzene rings is 3. The van der Waals surface area contributed by atoms with Crippen molar-refractivity contribution >= 4 is 0 Å². The van der Waals surface area contributed by atoms with Crippen molar-refractivity contribution in [2.45, 2.75) is 45.4 Å². The van der Waals surface area contributed by atoms with Gasteiger partial charge in [0.25, 0.3) is 0 Å². The zero-order chi connectivity index (χ0) is 20.3. The van der Waals surface area contributed by atoms with Gasteiger partial charge in [0.15, 0.2) is 0 Å². The highest BCUT2D eigenvalue weighted by Gasteiger charge is 2.01. The Hall–Kier alpha value is -2.86. The molecular formula is C29H32. The number of aryl methyl sites for hydroxylation is 4. The summed E-state index contributed by atoms with van der Waals surface area (Å²) < 4.78 is 0. The Morgan fingerprint density at radius 3 is 1.34 bits per heavy atom. The quantitative estimate of drug-likeness (QED) is 0.315. The van der Waals surface area contributed by atoms with Gasteiger partial charge in [-0.3, -0.25) is 0 Å². The van der Waals surface area contributed by atoms with Crippen LogP contribution in [0.25, 0.3) is 11.1 Å². The zero-order valence-corrected chi connectivity index (χ0v) is 17.6. The minimum atomic E-state index is 1.05. The first kappa shape index (κ1) is 20.9. The summed E-state index contributed by atoms with van der Waals surface area (Å²) in [5.41, 5.74) is 8.18. The first-order valence-corrected chi connectivity index (χ1v) is 10.8. The van der Waals surface area contributed by atoms with E-state index >= 15 is 0 Å². The van der Waals surface area contributed by atoms with Crippen molar-refractivity contribution in [2.75, 3.05) is 0 Å². The van der Waals surface area contributed by atoms with E-state index in [4.69, 9.17) is 0 Å². The summed E-state index contributed by atoms with van der Waals surface area (Å²) in [4.78, 5) is 0. The highest BCUT2D eigenvalue weighted by molar-refractivity contribution is 5.64. The highest BCUT2D eigenvalue weighted by atomic mass is 14.1. The predicted octanol–water partition coefficient (Wildman–Crippen LogP) is 7.77. The smallest absolute Gasteiger partial charge is 0.0184 e. The fourth-order valence-corrected chi connectivity index (χ4v) is 3.57. The lowest BCUT2D eigenvalue weighted by Crippen LogP contribution is -1.92. The second-order valence-corrected chi connectivity index (χ2v) is 7.65. The van der Waals surface area contributed by atoms with Gasteiger partial charge in [-0.1, -0.05) is 91.0 Å². The summed E-state index contributed by atoms with van der Waals surface area (Å²) in [5.74, 6) is 0. The molecule has 0 heteroatoms. The van der Waals surface area contributed by atoms with Crippen molar-refractivity contribution in [3.05, 3.63) is 120 Å². The summed E-state index contributed by atoms with van der Waals surface area (Å²) in [6.07, 6.45) is 12.8. The first-order valence-electron chi connectivity index (χ1n) is 10.8. The standard InChI is InChI=1S/C29H32/c1-3-5-7-9-25-16-20-28(21-17-25)29-22-18-27(19-23-29)15-14-26-12-10-24(11-13-26)8-6-4-2/h3-5,10-13,16-23H,2,6-9,14-15H2,1H3. The van der Waals surface area contributed by atoms with E-state index in [1.165, 1.54) is 33.4 Å². The van der Waals surface area contributed by atoms with Crippen LogP contribution in [0.15, 0.2) is 97.6 Å². The van der Waals surface area contributed by atoms with E-state index in [1.807, 2.05) is 6.08 Å². The lowest BCUT2D eigenvalue weighted by Gasteiger charge is -2.07. The van der Waals surface area contributed by atoms with Crippen LogP contribution in [0.3, 0.4) is 0 Å². The van der Waals surface area contributed by atoms with Crippen LogP contribution in [0.1, 0.15) is 42.0 Å². The Morgan fingerprint density at radius 1 is 0.552 bits per heavy atom. The van der Waals surface area contributed by atoms with Crippen molar-refractivity contribution in [2.24, 2.45) is 0 Å². The minimum absolute atomic E-state index is 1.05. The average molecular weight is 381 g/mol. The maximum absolute atomic E-state index is 3.80. The fraction of sp³-hybridized carbons (Fsp3) is 0.241. The second kappa shape index (κ2) is 11.2. The Balaban J connectivity index is 1.54. The van der Waals surface area contributed by atoms with Gasteiger partial charge in [0.2, 0.25) is 0 Å². The molecular weight excluding hydrogens is 348 g/mol. The van der Waals surface area contributed by atoms with Gasteiger partial charge in [-0.15, -0.1) is 6.58 Å². The fourth-order valence-electron chi connectivity index (χ4n) is 3.57. The molecule has 0 nitrogen and oxygen atoms in total. The molecule has 0 fully saturated rings. The lowest BCUT2D eigenvalue weighted by molar-refractivity contribution is 0.951. The summed E-state index contributed by atoms with van der Waals surface area (Å²) in [7, 11) is 0. The van der Waals surface area contributed by atoms with Crippen LogP contribution < -0.4 is 0 Å². The molecule has 0 atom stereocenters. The first-order chi connectivity index (χ1) is 14.3. The maximum Gasteiger partial charge on any atom is -0.0184 e. The number of allylic oxidation sites excluding steroid dienone is 3. The van der Waals surface area contributed by atoms with Crippen LogP contribution in [-0.2, 0) is 25.7 Å². The molecule has 0 heterocycles. The number of rotatable bonds is 10. The molecule has 148 valence electrons. The molecule has 29 heavy (non-hydrogen) atoms. The van der Waals surface area contributed by atoms with Gasteiger partial charge in [0, 0.05) is 0 Å². The van der Waals surface area contributed by atoms with Gasteiger partial charge in [0.1, 0.15) is 0 Å². The monoisotopic (exact) mass is 380 g/mol.